The molecule has 1 fully saturated rings. The number of rotatable bonds is 20. The van der Waals surface area contributed by atoms with Crippen molar-refractivity contribution < 1.29 is 85.9 Å². The summed E-state index contributed by atoms with van der Waals surface area (Å²) in [6, 6.07) is 8.19. The third-order valence-electron chi connectivity index (χ3n) is 8.72. The number of nitrogens with one attached hydrogen (secondary N) is 2. The number of anilines is 1. The third kappa shape index (κ3) is 12.0. The van der Waals surface area contributed by atoms with Crippen LogP contribution in [0.25, 0.3) is 21.9 Å². The van der Waals surface area contributed by atoms with Crippen molar-refractivity contribution in [1.29, 1.82) is 0 Å². The molecule has 1 aliphatic heterocycles. The van der Waals surface area contributed by atoms with E-state index in [1.807, 2.05) is 0 Å². The molecule has 2 aromatic carbocycles. The molecule has 7 atom stereocenters. The van der Waals surface area contributed by atoms with Crippen molar-refractivity contribution in [3.63, 3.8) is 0 Å². The summed E-state index contributed by atoms with van der Waals surface area (Å²) in [7, 11) is -16.4. The summed E-state index contributed by atoms with van der Waals surface area (Å²) in [5.74, 6) is -1.18. The van der Waals surface area contributed by atoms with Crippen LogP contribution in [0.2, 0.25) is 0 Å². The number of benzene rings is 2. The number of thioether (sulfide) groups is 1. The first kappa shape index (κ1) is 47.2. The SMILES string of the molecule is CC(C)(COP(=O)(O)OP(=O)(O)OC[C@H]1O[C@@H](n2cnc3c(N)ncnc32)[C@H](O)[C@@H]1OP(=O)(O)O)C(O)C(=O)NCCC(=O)NCCSc1cc(O)c2ccccc2c1O. The molecule has 60 heavy (non-hydrogen) atoms. The number of aliphatic hydroxyl groups excluding tert-OH is 2. The molecule has 0 bridgehead atoms. The van der Waals surface area contributed by atoms with E-state index in [4.69, 9.17) is 19.5 Å². The number of carbonyl (C=O) groups is 2. The van der Waals surface area contributed by atoms with Gasteiger partial charge in [-0.1, -0.05) is 38.1 Å². The van der Waals surface area contributed by atoms with Crippen LogP contribution in [0.15, 0.2) is 47.9 Å². The number of carbonyl (C=O) groups excluding carboxylic acids is 2. The van der Waals surface area contributed by atoms with Crippen LogP contribution in [-0.2, 0) is 45.9 Å². The van der Waals surface area contributed by atoms with Gasteiger partial charge in [-0.05, 0) is 6.07 Å². The lowest BCUT2D eigenvalue weighted by Crippen LogP contribution is -2.46. The van der Waals surface area contributed by atoms with Crippen molar-refractivity contribution in [3.05, 3.63) is 43.0 Å². The molecule has 2 amide bonds. The van der Waals surface area contributed by atoms with Gasteiger partial charge in [0.15, 0.2) is 17.7 Å². The highest BCUT2D eigenvalue weighted by molar-refractivity contribution is 7.99. The predicted octanol–water partition coefficient (Wildman–Crippen LogP) is 0.762. The molecule has 29 heteroatoms. The van der Waals surface area contributed by atoms with E-state index in [9.17, 15) is 63.3 Å². The molecule has 3 unspecified atom stereocenters. The van der Waals surface area contributed by atoms with Crippen LogP contribution in [0.4, 0.5) is 5.82 Å². The fourth-order valence-electron chi connectivity index (χ4n) is 5.72. The minimum absolute atomic E-state index is 0.00764. The number of hydrogen-bond acceptors (Lipinski definition) is 19. The second-order valence-electron chi connectivity index (χ2n) is 13.7. The van der Waals surface area contributed by atoms with Gasteiger partial charge in [0.05, 0.1) is 24.4 Å². The standard InChI is InChI=1S/C31H42N7O18P3S/c1-31(2,26(43)29(44)34-8-7-21(40)33-9-10-60-20-11-18(39)16-5-3-4-6-17(16)23(20)41)13-53-59(50,51)56-58(48,49)52-12-19-25(55-57(45,46)47)24(42)30(54-19)38-15-37-22-27(32)35-14-36-28(22)38/h3-6,11,14-15,19,24-26,30,39,41-43H,7-10,12-13H2,1-2H3,(H,33,40)(H,34,44)(H,48,49)(H,50,51)(H2,32,35,36)(H2,45,46,47)/t19-,24-,25-,26?,30-/m1/s1. The Morgan fingerprint density at radius 2 is 1.70 bits per heavy atom. The van der Waals surface area contributed by atoms with Crippen LogP contribution in [0, 0.1) is 5.41 Å². The molecule has 1 saturated heterocycles. The van der Waals surface area contributed by atoms with E-state index in [0.29, 0.717) is 21.4 Å². The zero-order chi connectivity index (χ0) is 44.2. The molecule has 330 valence electrons. The first-order chi connectivity index (χ1) is 28.0. The number of ether oxygens (including phenoxy) is 1. The number of aromatic nitrogens is 4. The fraction of sp³-hybridized carbons (Fsp3) is 0.452. The average Bonchev–Trinajstić information content (AvgIpc) is 3.73. The maximum atomic E-state index is 12.7. The number of amides is 2. The molecule has 25 nitrogen and oxygen atoms in total. The van der Waals surface area contributed by atoms with Gasteiger partial charge in [-0.15, -0.1) is 11.8 Å². The van der Waals surface area contributed by atoms with Gasteiger partial charge in [0.1, 0.15) is 47.8 Å². The largest absolute Gasteiger partial charge is 0.507 e. The molecule has 0 aliphatic carbocycles. The number of imidazole rings is 1. The molecule has 5 rings (SSSR count). The number of hydrogen-bond donors (Lipinski definition) is 11. The lowest BCUT2D eigenvalue weighted by atomic mass is 9.87. The second kappa shape index (κ2) is 19.1. The molecule has 4 aromatic rings. The number of nitrogens with zero attached hydrogens (tertiary/aromatic N) is 4. The lowest BCUT2D eigenvalue weighted by molar-refractivity contribution is -0.137. The van der Waals surface area contributed by atoms with Crippen molar-refractivity contribution in [2.24, 2.45) is 5.41 Å². The monoisotopic (exact) mass is 925 g/mol. The van der Waals surface area contributed by atoms with E-state index in [-0.39, 0.29) is 48.0 Å². The smallest absolute Gasteiger partial charge is 0.481 e. The topological polar surface area (TPSA) is 387 Å². The van der Waals surface area contributed by atoms with Crippen LogP contribution in [0.1, 0.15) is 26.5 Å². The van der Waals surface area contributed by atoms with Crippen molar-refractivity contribution in [2.45, 2.75) is 55.8 Å². The van der Waals surface area contributed by atoms with Crippen molar-refractivity contribution in [3.8, 4) is 11.5 Å². The maximum Gasteiger partial charge on any atom is 0.481 e. The van der Waals surface area contributed by atoms with E-state index >= 15 is 0 Å². The van der Waals surface area contributed by atoms with Gasteiger partial charge in [-0.25, -0.2) is 28.6 Å². The van der Waals surface area contributed by atoms with E-state index in [1.165, 1.54) is 31.7 Å². The molecule has 3 heterocycles. The predicted molar refractivity (Wildman–Crippen MR) is 208 cm³/mol. The summed E-state index contributed by atoms with van der Waals surface area (Å²) >= 11 is 1.20. The lowest BCUT2D eigenvalue weighted by Gasteiger charge is -2.30. The summed E-state index contributed by atoms with van der Waals surface area (Å²) in [4.78, 5) is 76.4. The van der Waals surface area contributed by atoms with E-state index in [1.54, 1.807) is 24.3 Å². The number of nitrogen functional groups attached to an aromatic ring is 1. The van der Waals surface area contributed by atoms with Gasteiger partial charge in [0.2, 0.25) is 11.8 Å². The molecule has 12 N–H and O–H groups in total. The van der Waals surface area contributed by atoms with Crippen LogP contribution in [0.3, 0.4) is 0 Å². The van der Waals surface area contributed by atoms with Gasteiger partial charge in [0.25, 0.3) is 0 Å². The average molecular weight is 926 g/mol. The van der Waals surface area contributed by atoms with Crippen molar-refractivity contribution >= 4 is 74.8 Å². The molecule has 1 aliphatic rings. The molecular weight excluding hydrogens is 883 g/mol. The Kier molecular flexibility index (Phi) is 15.0. The highest BCUT2D eigenvalue weighted by Crippen LogP contribution is 2.61. The van der Waals surface area contributed by atoms with E-state index in [2.05, 4.69) is 34.4 Å². The number of fused-ring (bicyclic) bond motifs is 2. The summed E-state index contributed by atoms with van der Waals surface area (Å²) < 4.78 is 62.2. The summed E-state index contributed by atoms with van der Waals surface area (Å²) in [6.07, 6.45) is -7.00. The van der Waals surface area contributed by atoms with Gasteiger partial charge in [0, 0.05) is 41.5 Å². The van der Waals surface area contributed by atoms with Crippen LogP contribution < -0.4 is 16.4 Å². The Morgan fingerprint density at radius 3 is 2.40 bits per heavy atom. The van der Waals surface area contributed by atoms with Crippen LogP contribution in [0.5, 0.6) is 11.5 Å². The molecule has 0 spiro atoms. The third-order valence-corrected chi connectivity index (χ3v) is 12.8. The normalized spacial score (nSPS) is 21.1. The summed E-state index contributed by atoms with van der Waals surface area (Å²) in [5, 5.41) is 48.3. The van der Waals surface area contributed by atoms with Crippen LogP contribution >= 0.6 is 35.2 Å². The van der Waals surface area contributed by atoms with Gasteiger partial charge >= 0.3 is 23.5 Å². The number of nitrogens with two attached hydrogens (primary N) is 1. The number of aliphatic hydroxyl groups is 2. The minimum Gasteiger partial charge on any atom is -0.507 e. The van der Waals surface area contributed by atoms with Crippen LogP contribution in [-0.4, -0.2) is 128 Å². The number of phenols is 2. The molecule has 2 aromatic heterocycles. The van der Waals surface area contributed by atoms with Gasteiger partial charge in [-0.3, -0.25) is 27.7 Å². The number of aromatic hydroxyl groups is 2. The minimum atomic E-state index is -5.59. The van der Waals surface area contributed by atoms with E-state index < -0.39 is 84.6 Å². The number of phosphoric acid groups is 3. The Bertz CT molecular complexity index is 2350. The zero-order valence-electron chi connectivity index (χ0n) is 31.4. The fourth-order valence-corrected chi connectivity index (χ4v) is 9.41. The Balaban J connectivity index is 1.06. The number of phenolic OH excluding ortho intramolecular Hbond substituents is 2. The van der Waals surface area contributed by atoms with E-state index in [0.717, 1.165) is 17.2 Å². The van der Waals surface area contributed by atoms with Crippen molar-refractivity contribution in [1.82, 2.24) is 30.2 Å². The summed E-state index contributed by atoms with van der Waals surface area (Å²) in [5.41, 5.74) is 4.24. The molecule has 0 saturated carbocycles. The molecule has 0 radical (unpaired) electrons. The Morgan fingerprint density at radius 1 is 1.02 bits per heavy atom. The van der Waals surface area contributed by atoms with Crippen molar-refractivity contribution in [2.75, 3.05) is 37.8 Å². The number of phosphoric ester groups is 3. The molecular formula is C31H42N7O18P3S. The second-order valence-corrected chi connectivity index (χ2v) is 19.1. The highest BCUT2D eigenvalue weighted by Gasteiger charge is 2.50. The van der Waals surface area contributed by atoms with Gasteiger partial charge < -0.3 is 61.1 Å². The summed E-state index contributed by atoms with van der Waals surface area (Å²) in [6.45, 7) is 0.400. The Hall–Kier alpha value is -3.81. The highest BCUT2D eigenvalue weighted by atomic mass is 32.2. The quantitative estimate of drug-likeness (QED) is 0.0252. The maximum absolute atomic E-state index is 12.7. The zero-order valence-corrected chi connectivity index (χ0v) is 34.9. The first-order valence-electron chi connectivity index (χ1n) is 17.4. The van der Waals surface area contributed by atoms with Gasteiger partial charge in [-0.2, -0.15) is 4.31 Å². The first-order valence-corrected chi connectivity index (χ1v) is 22.9. The Labute approximate surface area is 343 Å².